The van der Waals surface area contributed by atoms with E-state index in [1.165, 1.54) is 42.7 Å². The second-order valence-corrected chi connectivity index (χ2v) is 12.7. The van der Waals surface area contributed by atoms with Crippen LogP contribution in [0.15, 0.2) is 60.7 Å². The van der Waals surface area contributed by atoms with Crippen LogP contribution in [0.1, 0.15) is 39.8 Å². The topological polar surface area (TPSA) is 136 Å². The van der Waals surface area contributed by atoms with Crippen LogP contribution in [0.2, 0.25) is 0 Å². The minimum absolute atomic E-state index is 0.0186. The van der Waals surface area contributed by atoms with Crippen LogP contribution in [0.5, 0.6) is 51.7 Å². The zero-order valence-electron chi connectivity index (χ0n) is 30.9. The van der Waals surface area contributed by atoms with Gasteiger partial charge in [0, 0.05) is 17.4 Å². The summed E-state index contributed by atoms with van der Waals surface area (Å²) in [7, 11) is 10.7. The van der Waals surface area contributed by atoms with Crippen molar-refractivity contribution in [2.75, 3.05) is 63.2 Å². The van der Waals surface area contributed by atoms with Crippen molar-refractivity contribution in [3.05, 3.63) is 88.5 Å². The normalized spacial score (nSPS) is 19.5. The highest BCUT2D eigenvalue weighted by atomic mass is 16.7. The van der Waals surface area contributed by atoms with E-state index in [1.807, 2.05) is 24.3 Å². The summed E-state index contributed by atoms with van der Waals surface area (Å²) in [4.78, 5) is 28.4. The van der Waals surface area contributed by atoms with E-state index in [2.05, 4.69) is 0 Å². The maximum Gasteiger partial charge on any atom is 0.339 e. The van der Waals surface area contributed by atoms with Gasteiger partial charge in [-0.1, -0.05) is 12.1 Å². The van der Waals surface area contributed by atoms with Crippen molar-refractivity contribution in [2.45, 2.75) is 12.0 Å². The van der Waals surface area contributed by atoms with Gasteiger partial charge in [-0.15, -0.1) is 0 Å². The van der Waals surface area contributed by atoms with Gasteiger partial charge in [-0.25, -0.2) is 4.79 Å². The number of rotatable bonds is 12. The number of cyclic esters (lactones) is 1. The summed E-state index contributed by atoms with van der Waals surface area (Å²) in [5.41, 5.74) is 3.42. The van der Waals surface area contributed by atoms with E-state index in [-0.39, 0.29) is 19.0 Å². The van der Waals surface area contributed by atoms with Crippen LogP contribution in [0, 0.1) is 11.8 Å². The number of methoxy groups -OCH3 is 7. The van der Waals surface area contributed by atoms with Crippen LogP contribution in [0.3, 0.4) is 0 Å². The van der Waals surface area contributed by atoms with Gasteiger partial charge < -0.3 is 52.1 Å². The van der Waals surface area contributed by atoms with Crippen LogP contribution < -0.4 is 42.6 Å². The van der Waals surface area contributed by atoms with E-state index in [9.17, 15) is 9.59 Å². The summed E-state index contributed by atoms with van der Waals surface area (Å²) in [5, 5.41) is 0. The number of hydrogen-bond acceptors (Lipinski definition) is 13. The van der Waals surface area contributed by atoms with E-state index in [4.69, 9.17) is 52.1 Å². The van der Waals surface area contributed by atoms with E-state index in [0.717, 1.165) is 0 Å². The second-order valence-electron chi connectivity index (χ2n) is 12.7. The Morgan fingerprint density at radius 3 is 1.76 bits per heavy atom. The number of carbonyl (C=O) groups is 2. The maximum absolute atomic E-state index is 14.7. The van der Waals surface area contributed by atoms with E-state index in [1.54, 1.807) is 49.6 Å². The number of fused-ring (bicyclic) bond motifs is 3. The molecule has 2 aliphatic heterocycles. The number of ether oxygens (including phenoxy) is 11. The fraction of sp³-hybridized carbons (Fsp3) is 0.317. The Morgan fingerprint density at radius 1 is 0.667 bits per heavy atom. The highest BCUT2D eigenvalue weighted by molar-refractivity contribution is 6.21. The highest BCUT2D eigenvalue weighted by Crippen LogP contribution is 2.57. The molecule has 0 saturated carbocycles. The van der Waals surface area contributed by atoms with Crippen molar-refractivity contribution < 1.29 is 61.7 Å². The standard InChI is InChI=1S/C41H40O13/c1-44-24-10-8-22(9-11-24)25(12-21-13-31(45-2)38(49-6)32(14-21)46-3)40(42)54-37-27-18-30-29(52-20-53-30)17-26(27)35(36-28(37)19-51-41(36)43)23-15-33(47-4)39(50-7)34(16-23)48-5/h8-18,28,35-37H,19-20H2,1-7H3/b25-12+/t28-,35+,36-,37-/m0/s1. The first-order valence-corrected chi connectivity index (χ1v) is 17.0. The lowest BCUT2D eigenvalue weighted by Crippen LogP contribution is -2.36. The Kier molecular flexibility index (Phi) is 10.0. The molecule has 0 unspecified atom stereocenters. The van der Waals surface area contributed by atoms with Crippen LogP contribution in [-0.2, 0) is 19.1 Å². The average Bonchev–Trinajstić information content (AvgIpc) is 3.83. The van der Waals surface area contributed by atoms with E-state index in [0.29, 0.717) is 79.6 Å². The van der Waals surface area contributed by atoms with Crippen LogP contribution in [0.4, 0.5) is 0 Å². The van der Waals surface area contributed by atoms with Gasteiger partial charge in [-0.05, 0) is 76.9 Å². The smallest absolute Gasteiger partial charge is 0.339 e. The Bertz CT molecular complexity index is 2050. The van der Waals surface area contributed by atoms with Crippen LogP contribution in [-0.4, -0.2) is 75.1 Å². The molecule has 13 heteroatoms. The molecule has 0 N–H and O–H groups in total. The van der Waals surface area contributed by atoms with Gasteiger partial charge in [-0.3, -0.25) is 4.79 Å². The van der Waals surface area contributed by atoms with Crippen LogP contribution in [0.25, 0.3) is 11.6 Å². The molecule has 54 heavy (non-hydrogen) atoms. The SMILES string of the molecule is COc1ccc(/C(=C\c2cc(OC)c(OC)c(OC)c2)C(=O)O[C@H]2c3cc4c(cc3[C@@H](c3cc(OC)c(OC)c(OC)c3)[C@H]3C(=O)OC[C@@H]32)OCO4)cc1. The molecule has 4 atom stereocenters. The maximum atomic E-state index is 14.7. The van der Waals surface area contributed by atoms with Crippen molar-refractivity contribution >= 4 is 23.6 Å². The first kappa shape index (κ1) is 36.1. The monoisotopic (exact) mass is 740 g/mol. The lowest BCUT2D eigenvalue weighted by molar-refractivity contribution is -0.147. The first-order valence-electron chi connectivity index (χ1n) is 17.0. The number of carbonyl (C=O) groups excluding carboxylic acids is 2. The van der Waals surface area contributed by atoms with Gasteiger partial charge in [0.1, 0.15) is 11.9 Å². The van der Waals surface area contributed by atoms with E-state index >= 15 is 0 Å². The molecule has 0 radical (unpaired) electrons. The molecule has 3 aliphatic rings. The Morgan fingerprint density at radius 2 is 1.22 bits per heavy atom. The van der Waals surface area contributed by atoms with Gasteiger partial charge in [0.05, 0.1) is 67.9 Å². The quantitative estimate of drug-likeness (QED) is 0.0923. The predicted octanol–water partition coefficient (Wildman–Crippen LogP) is 6.24. The average molecular weight is 741 g/mol. The molecule has 1 fully saturated rings. The lowest BCUT2D eigenvalue weighted by Gasteiger charge is -2.38. The Labute approximate surface area is 312 Å². The highest BCUT2D eigenvalue weighted by Gasteiger charge is 2.54. The molecular formula is C41H40O13. The summed E-state index contributed by atoms with van der Waals surface area (Å²) in [6.45, 7) is 0.0380. The van der Waals surface area contributed by atoms with Crippen molar-refractivity contribution in [2.24, 2.45) is 11.8 Å². The van der Waals surface area contributed by atoms with Crippen molar-refractivity contribution in [1.82, 2.24) is 0 Å². The third-order valence-corrected chi connectivity index (χ3v) is 10.0. The van der Waals surface area contributed by atoms with Gasteiger partial charge in [0.15, 0.2) is 34.5 Å². The van der Waals surface area contributed by atoms with Gasteiger partial charge >= 0.3 is 11.9 Å². The Hall–Kier alpha value is -6.24. The molecule has 4 aromatic rings. The summed E-state index contributed by atoms with van der Waals surface area (Å²) >= 11 is 0. The molecule has 7 rings (SSSR count). The molecule has 1 aliphatic carbocycles. The zero-order chi connectivity index (χ0) is 38.1. The van der Waals surface area contributed by atoms with Crippen LogP contribution >= 0.6 is 0 Å². The van der Waals surface area contributed by atoms with E-state index < -0.39 is 35.8 Å². The zero-order valence-corrected chi connectivity index (χ0v) is 30.9. The van der Waals surface area contributed by atoms with Crippen molar-refractivity contribution in [3.63, 3.8) is 0 Å². The van der Waals surface area contributed by atoms with Crippen molar-refractivity contribution in [1.29, 1.82) is 0 Å². The molecule has 2 heterocycles. The number of hydrogen-bond donors (Lipinski definition) is 0. The fourth-order valence-electron chi connectivity index (χ4n) is 7.50. The minimum atomic E-state index is -0.918. The van der Waals surface area contributed by atoms with Gasteiger partial charge in [0.2, 0.25) is 18.3 Å². The molecule has 1 saturated heterocycles. The molecular weight excluding hydrogens is 700 g/mol. The third-order valence-electron chi connectivity index (χ3n) is 10.0. The summed E-state index contributed by atoms with van der Waals surface area (Å²) in [6.07, 6.45) is 0.767. The molecule has 0 amide bonds. The molecule has 4 aromatic carbocycles. The first-order chi connectivity index (χ1) is 26.3. The van der Waals surface area contributed by atoms with Gasteiger partial charge in [0.25, 0.3) is 0 Å². The fourth-order valence-corrected chi connectivity index (χ4v) is 7.50. The summed E-state index contributed by atoms with van der Waals surface area (Å²) < 4.78 is 62.9. The number of benzene rings is 4. The summed E-state index contributed by atoms with van der Waals surface area (Å²) in [6, 6.07) is 17.8. The molecule has 13 nitrogen and oxygen atoms in total. The second kappa shape index (κ2) is 15.0. The lowest BCUT2D eigenvalue weighted by atomic mass is 9.66. The third kappa shape index (κ3) is 6.29. The minimum Gasteiger partial charge on any atom is -0.497 e. The largest absolute Gasteiger partial charge is 0.497 e. The van der Waals surface area contributed by atoms with Crippen molar-refractivity contribution in [3.8, 4) is 51.7 Å². The number of esters is 2. The molecule has 282 valence electrons. The van der Waals surface area contributed by atoms with Gasteiger partial charge in [-0.2, -0.15) is 0 Å². The molecule has 0 aromatic heterocycles. The summed E-state index contributed by atoms with van der Waals surface area (Å²) in [5.74, 6) is 1.13. The Balaban J connectivity index is 1.37. The predicted molar refractivity (Wildman–Crippen MR) is 194 cm³/mol. The molecule has 0 bridgehead atoms. The molecule has 0 spiro atoms.